The number of hydrogen-bond acceptors (Lipinski definition) is 5. The summed E-state index contributed by atoms with van der Waals surface area (Å²) >= 11 is 0. The van der Waals surface area contributed by atoms with Crippen molar-refractivity contribution in [2.75, 3.05) is 5.01 Å². The molecular formula is C19H19F2N5O. The normalized spacial score (nSPS) is 16.8. The van der Waals surface area contributed by atoms with E-state index >= 15 is 0 Å². The zero-order valence-electron chi connectivity index (χ0n) is 14.7. The molecule has 2 N–H and O–H groups in total. The van der Waals surface area contributed by atoms with E-state index in [0.29, 0.717) is 6.54 Å². The predicted octanol–water partition coefficient (Wildman–Crippen LogP) is 2.36. The van der Waals surface area contributed by atoms with Gasteiger partial charge in [0.2, 0.25) is 0 Å². The number of para-hydroxylation sites is 1. The molecule has 2 heterocycles. The monoisotopic (exact) mass is 371 g/mol. The molecule has 2 atom stereocenters. The maximum atomic E-state index is 14.6. The van der Waals surface area contributed by atoms with Gasteiger partial charge in [0.15, 0.2) is 0 Å². The summed E-state index contributed by atoms with van der Waals surface area (Å²) in [6.07, 6.45) is 2.79. The number of benzene rings is 2. The van der Waals surface area contributed by atoms with Crippen molar-refractivity contribution in [2.24, 2.45) is 0 Å². The molecule has 1 aliphatic rings. The molecule has 0 amide bonds. The molecule has 0 aliphatic carbocycles. The number of anilines is 1. The fourth-order valence-corrected chi connectivity index (χ4v) is 3.55. The molecule has 0 spiro atoms. The van der Waals surface area contributed by atoms with Crippen LogP contribution in [0, 0.1) is 11.6 Å². The molecule has 3 aromatic rings. The number of nitrogens with zero attached hydrogens (tertiary/aromatic N) is 4. The zero-order chi connectivity index (χ0) is 19.0. The van der Waals surface area contributed by atoms with E-state index in [-0.39, 0.29) is 12.1 Å². The van der Waals surface area contributed by atoms with Crippen LogP contribution in [-0.4, -0.2) is 25.9 Å². The Kier molecular flexibility index (Phi) is 4.37. The van der Waals surface area contributed by atoms with Gasteiger partial charge in [-0.25, -0.2) is 23.9 Å². The quantitative estimate of drug-likeness (QED) is 0.721. The third kappa shape index (κ3) is 3.07. The van der Waals surface area contributed by atoms with Gasteiger partial charge in [-0.3, -0.25) is 0 Å². The largest absolute Gasteiger partial charge is 0.381 e. The number of rotatable bonds is 5. The van der Waals surface area contributed by atoms with Crippen LogP contribution in [0.25, 0.3) is 0 Å². The van der Waals surface area contributed by atoms with Gasteiger partial charge in [-0.15, -0.1) is 0 Å². The van der Waals surface area contributed by atoms with E-state index < -0.39 is 23.3 Å². The number of fused-ring (bicyclic) bond motifs is 1. The molecule has 8 heteroatoms. The second-order valence-corrected chi connectivity index (χ2v) is 6.65. The highest BCUT2D eigenvalue weighted by molar-refractivity contribution is 5.57. The lowest BCUT2D eigenvalue weighted by atomic mass is 9.85. The van der Waals surface area contributed by atoms with E-state index in [1.807, 2.05) is 29.3 Å². The minimum Gasteiger partial charge on any atom is -0.381 e. The minimum atomic E-state index is -1.70. The van der Waals surface area contributed by atoms with Gasteiger partial charge in [0.05, 0.1) is 18.3 Å². The highest BCUT2D eigenvalue weighted by Crippen LogP contribution is 2.36. The van der Waals surface area contributed by atoms with Gasteiger partial charge in [0.1, 0.15) is 29.9 Å². The number of nitrogens with one attached hydrogen (secondary N) is 1. The summed E-state index contributed by atoms with van der Waals surface area (Å²) < 4.78 is 29.5. The van der Waals surface area contributed by atoms with Crippen molar-refractivity contribution in [3.8, 4) is 0 Å². The van der Waals surface area contributed by atoms with E-state index in [0.717, 1.165) is 23.4 Å². The fourth-order valence-electron chi connectivity index (χ4n) is 3.55. The smallest absolute Gasteiger partial charge is 0.137 e. The lowest BCUT2D eigenvalue weighted by Crippen LogP contribution is -2.55. The van der Waals surface area contributed by atoms with Gasteiger partial charge < -0.3 is 10.1 Å². The molecule has 0 radical (unpaired) electrons. The number of hydrogen-bond donors (Lipinski definition) is 2. The van der Waals surface area contributed by atoms with E-state index in [2.05, 4.69) is 15.5 Å². The lowest BCUT2D eigenvalue weighted by Gasteiger charge is -2.40. The van der Waals surface area contributed by atoms with Crippen molar-refractivity contribution in [2.45, 2.75) is 31.7 Å². The van der Waals surface area contributed by atoms with E-state index in [9.17, 15) is 13.9 Å². The average molecular weight is 371 g/mol. The molecule has 4 rings (SSSR count). The summed E-state index contributed by atoms with van der Waals surface area (Å²) in [7, 11) is 0. The summed E-state index contributed by atoms with van der Waals surface area (Å²) in [4.78, 5) is 3.89. The Bertz CT molecular complexity index is 949. The molecule has 0 fully saturated rings. The van der Waals surface area contributed by atoms with Crippen molar-refractivity contribution in [1.29, 1.82) is 0 Å². The van der Waals surface area contributed by atoms with Crippen LogP contribution in [0.1, 0.15) is 18.1 Å². The van der Waals surface area contributed by atoms with Crippen molar-refractivity contribution < 1.29 is 13.9 Å². The first-order chi connectivity index (χ1) is 13.0. The van der Waals surface area contributed by atoms with Crippen LogP contribution in [0.4, 0.5) is 14.5 Å². The molecule has 0 saturated carbocycles. The summed E-state index contributed by atoms with van der Waals surface area (Å²) in [6.45, 7) is 2.34. The van der Waals surface area contributed by atoms with Gasteiger partial charge in [0.25, 0.3) is 0 Å². The average Bonchev–Trinajstić information content (AvgIpc) is 3.30. The first kappa shape index (κ1) is 17.6. The number of halogens is 2. The Morgan fingerprint density at radius 3 is 2.81 bits per heavy atom. The molecule has 0 bridgehead atoms. The van der Waals surface area contributed by atoms with Gasteiger partial charge in [-0.1, -0.05) is 24.3 Å². The van der Waals surface area contributed by atoms with Crippen LogP contribution < -0.4 is 10.4 Å². The standard InChI is InChI=1S/C19H19F2N5O/c1-13(26-18-5-3-2-4-14(18)9-23-26)19(27,10-25-12-22-11-24-25)16-7-6-15(20)8-17(16)21/h2-8,11-13,23,27H,9-10H2,1H3/t13-,19-/m1/s1. The van der Waals surface area contributed by atoms with Crippen LogP contribution in [0.15, 0.2) is 55.1 Å². The molecular weight excluding hydrogens is 352 g/mol. The van der Waals surface area contributed by atoms with Gasteiger partial charge >= 0.3 is 0 Å². The maximum Gasteiger partial charge on any atom is 0.137 e. The van der Waals surface area contributed by atoms with E-state index in [1.165, 1.54) is 23.4 Å². The summed E-state index contributed by atoms with van der Waals surface area (Å²) in [6, 6.07) is 10.4. The Morgan fingerprint density at radius 2 is 2.07 bits per heavy atom. The molecule has 0 unspecified atom stereocenters. The molecule has 1 aliphatic heterocycles. The van der Waals surface area contributed by atoms with Crippen LogP contribution in [-0.2, 0) is 18.7 Å². The first-order valence-electron chi connectivity index (χ1n) is 8.60. The Hall–Kier alpha value is -2.84. The summed E-state index contributed by atoms with van der Waals surface area (Å²) in [5.41, 5.74) is 3.52. The Balaban J connectivity index is 1.78. The van der Waals surface area contributed by atoms with Crippen LogP contribution in [0.5, 0.6) is 0 Å². The van der Waals surface area contributed by atoms with Crippen molar-refractivity contribution in [1.82, 2.24) is 20.2 Å². The van der Waals surface area contributed by atoms with Crippen LogP contribution in [0.3, 0.4) is 0 Å². The third-order valence-corrected chi connectivity index (χ3v) is 5.04. The van der Waals surface area contributed by atoms with Crippen molar-refractivity contribution in [3.05, 3.63) is 77.9 Å². The van der Waals surface area contributed by atoms with E-state index in [4.69, 9.17) is 0 Å². The van der Waals surface area contributed by atoms with Gasteiger partial charge in [0, 0.05) is 18.2 Å². The molecule has 1 aromatic heterocycles. The molecule has 0 saturated heterocycles. The first-order valence-corrected chi connectivity index (χ1v) is 8.60. The Morgan fingerprint density at radius 1 is 1.26 bits per heavy atom. The zero-order valence-corrected chi connectivity index (χ0v) is 14.7. The summed E-state index contributed by atoms with van der Waals surface area (Å²) in [5, 5.41) is 17.5. The number of aromatic nitrogens is 3. The van der Waals surface area contributed by atoms with Crippen molar-refractivity contribution >= 4 is 5.69 Å². The topological polar surface area (TPSA) is 66.2 Å². The van der Waals surface area contributed by atoms with Crippen LogP contribution >= 0.6 is 0 Å². The fraction of sp³-hybridized carbons (Fsp3) is 0.263. The third-order valence-electron chi connectivity index (χ3n) is 5.04. The van der Waals surface area contributed by atoms with Gasteiger partial charge in [-0.2, -0.15) is 5.10 Å². The SMILES string of the molecule is C[C@@H](N1NCc2ccccc21)[C@](O)(Cn1cncn1)c1ccc(F)cc1F. The lowest BCUT2D eigenvalue weighted by molar-refractivity contribution is -0.0133. The number of aliphatic hydroxyl groups is 1. The molecule has 27 heavy (non-hydrogen) atoms. The van der Waals surface area contributed by atoms with Gasteiger partial charge in [-0.05, 0) is 24.6 Å². The molecule has 140 valence electrons. The highest BCUT2D eigenvalue weighted by atomic mass is 19.1. The minimum absolute atomic E-state index is 0.00178. The second kappa shape index (κ2) is 6.71. The Labute approximate surface area is 155 Å². The second-order valence-electron chi connectivity index (χ2n) is 6.65. The van der Waals surface area contributed by atoms with Crippen molar-refractivity contribution in [3.63, 3.8) is 0 Å². The summed E-state index contributed by atoms with van der Waals surface area (Å²) in [5.74, 6) is -1.51. The van der Waals surface area contributed by atoms with Crippen LogP contribution in [0.2, 0.25) is 0 Å². The predicted molar refractivity (Wildman–Crippen MR) is 95.5 cm³/mol. The maximum absolute atomic E-state index is 14.6. The van der Waals surface area contributed by atoms with E-state index in [1.54, 1.807) is 6.92 Å². The highest BCUT2D eigenvalue weighted by Gasteiger charge is 2.43. The molecule has 2 aromatic carbocycles. The number of hydrazine groups is 1. The molecule has 6 nitrogen and oxygen atoms in total.